The van der Waals surface area contributed by atoms with E-state index in [1.807, 2.05) is 68.4 Å². The first-order chi connectivity index (χ1) is 10.6. The number of rotatable bonds is 4. The van der Waals surface area contributed by atoms with E-state index in [0.29, 0.717) is 0 Å². The lowest BCUT2D eigenvalue weighted by atomic mass is 10.1. The van der Waals surface area contributed by atoms with Crippen LogP contribution in [-0.4, -0.2) is 5.97 Å². The van der Waals surface area contributed by atoms with Crippen molar-refractivity contribution in [3.05, 3.63) is 76.4 Å². The molecule has 0 aliphatic heterocycles. The molecule has 0 spiro atoms. The number of benzene rings is 2. The molecule has 110 valence electrons. The summed E-state index contributed by atoms with van der Waals surface area (Å²) in [7, 11) is 0. The third-order valence-electron chi connectivity index (χ3n) is 3.18. The summed E-state index contributed by atoms with van der Waals surface area (Å²) in [6, 6.07) is 17.2. The zero-order valence-electron chi connectivity index (χ0n) is 12.7. The van der Waals surface area contributed by atoms with Crippen LogP contribution in [0.25, 0.3) is 6.08 Å². The number of nitrogens with zero attached hydrogens (tertiary/aromatic N) is 1. The quantitative estimate of drug-likeness (QED) is 0.487. The van der Waals surface area contributed by atoms with Gasteiger partial charge in [-0.3, -0.25) is 0 Å². The highest BCUT2D eigenvalue weighted by Crippen LogP contribution is 2.11. The third-order valence-corrected chi connectivity index (χ3v) is 3.18. The van der Waals surface area contributed by atoms with Crippen LogP contribution in [0.2, 0.25) is 0 Å². The number of carbonyl (C=O) groups is 1. The van der Waals surface area contributed by atoms with Crippen LogP contribution in [0.1, 0.15) is 22.3 Å². The summed E-state index contributed by atoms with van der Waals surface area (Å²) in [5.41, 5.74) is 3.93. The molecule has 0 saturated carbocycles. The van der Waals surface area contributed by atoms with Crippen LogP contribution in [-0.2, 0) is 16.1 Å². The summed E-state index contributed by atoms with van der Waals surface area (Å²) in [6.45, 7) is 4.12. The normalized spacial score (nSPS) is 10.9. The van der Waals surface area contributed by atoms with Crippen molar-refractivity contribution in [3.63, 3.8) is 0 Å². The molecular formula is C19H17NO2. The molecule has 0 atom stereocenters. The maximum atomic E-state index is 12.0. The number of carbonyl (C=O) groups excluding carboxylic acids is 1. The first-order valence-corrected chi connectivity index (χ1v) is 6.99. The number of hydrogen-bond donors (Lipinski definition) is 0. The van der Waals surface area contributed by atoms with E-state index in [-0.39, 0.29) is 12.2 Å². The lowest BCUT2D eigenvalue weighted by Crippen LogP contribution is -2.06. The number of aryl methyl sites for hydroxylation is 2. The van der Waals surface area contributed by atoms with E-state index in [2.05, 4.69) is 0 Å². The van der Waals surface area contributed by atoms with E-state index >= 15 is 0 Å². The Morgan fingerprint density at radius 2 is 1.86 bits per heavy atom. The van der Waals surface area contributed by atoms with Crippen molar-refractivity contribution in [2.24, 2.45) is 0 Å². The molecule has 2 aromatic carbocycles. The van der Waals surface area contributed by atoms with Crippen molar-refractivity contribution >= 4 is 12.0 Å². The minimum absolute atomic E-state index is 0.00324. The van der Waals surface area contributed by atoms with Gasteiger partial charge in [0, 0.05) is 0 Å². The lowest BCUT2D eigenvalue weighted by molar-refractivity contribution is -0.139. The van der Waals surface area contributed by atoms with Gasteiger partial charge in [-0.1, -0.05) is 59.7 Å². The summed E-state index contributed by atoms with van der Waals surface area (Å²) >= 11 is 0. The van der Waals surface area contributed by atoms with E-state index in [4.69, 9.17) is 10.00 Å². The van der Waals surface area contributed by atoms with Crippen LogP contribution in [0, 0.1) is 25.2 Å². The highest BCUT2D eigenvalue weighted by Gasteiger charge is 2.11. The van der Waals surface area contributed by atoms with Crippen molar-refractivity contribution < 1.29 is 9.53 Å². The number of nitriles is 1. The van der Waals surface area contributed by atoms with Crippen molar-refractivity contribution in [2.45, 2.75) is 20.5 Å². The maximum absolute atomic E-state index is 12.0. The Hall–Kier alpha value is -2.86. The number of hydrogen-bond acceptors (Lipinski definition) is 3. The van der Waals surface area contributed by atoms with Gasteiger partial charge in [0.2, 0.25) is 0 Å². The fourth-order valence-corrected chi connectivity index (χ4v) is 1.99. The second kappa shape index (κ2) is 7.24. The van der Waals surface area contributed by atoms with Gasteiger partial charge in [0.1, 0.15) is 18.2 Å². The van der Waals surface area contributed by atoms with Crippen LogP contribution in [0.15, 0.2) is 54.1 Å². The molecule has 0 unspecified atom stereocenters. The topological polar surface area (TPSA) is 50.1 Å². The Balaban J connectivity index is 2.06. The van der Waals surface area contributed by atoms with Crippen LogP contribution < -0.4 is 0 Å². The highest BCUT2D eigenvalue weighted by atomic mass is 16.5. The van der Waals surface area contributed by atoms with Crippen LogP contribution in [0.3, 0.4) is 0 Å². The van der Waals surface area contributed by atoms with Gasteiger partial charge in [-0.15, -0.1) is 0 Å². The molecule has 3 nitrogen and oxygen atoms in total. The molecule has 0 saturated heterocycles. The summed E-state index contributed by atoms with van der Waals surface area (Å²) in [6.07, 6.45) is 1.54. The van der Waals surface area contributed by atoms with Gasteiger partial charge in [-0.25, -0.2) is 4.79 Å². The first-order valence-electron chi connectivity index (χ1n) is 6.99. The molecule has 2 rings (SSSR count). The van der Waals surface area contributed by atoms with Crippen LogP contribution >= 0.6 is 0 Å². The molecule has 0 aliphatic rings. The highest BCUT2D eigenvalue weighted by molar-refractivity contribution is 5.97. The smallest absolute Gasteiger partial charge is 0.349 e. The average molecular weight is 291 g/mol. The van der Waals surface area contributed by atoms with Crippen LogP contribution in [0.4, 0.5) is 0 Å². The molecule has 22 heavy (non-hydrogen) atoms. The number of ether oxygens (including phenoxy) is 1. The van der Waals surface area contributed by atoms with Crippen molar-refractivity contribution in [2.75, 3.05) is 0 Å². The molecule has 0 N–H and O–H groups in total. The average Bonchev–Trinajstić information content (AvgIpc) is 2.52. The molecule has 0 radical (unpaired) electrons. The predicted molar refractivity (Wildman–Crippen MR) is 85.7 cm³/mol. The van der Waals surface area contributed by atoms with E-state index in [0.717, 1.165) is 22.3 Å². The van der Waals surface area contributed by atoms with E-state index in [1.165, 1.54) is 6.08 Å². The molecule has 2 aromatic rings. The number of esters is 1. The van der Waals surface area contributed by atoms with Gasteiger partial charge in [-0.2, -0.15) is 5.26 Å². The molecular weight excluding hydrogens is 274 g/mol. The Morgan fingerprint density at radius 3 is 2.50 bits per heavy atom. The largest absolute Gasteiger partial charge is 0.457 e. The van der Waals surface area contributed by atoms with Gasteiger partial charge in [0.15, 0.2) is 0 Å². The Kier molecular flexibility index (Phi) is 5.11. The fraction of sp³-hybridized carbons (Fsp3) is 0.158. The monoisotopic (exact) mass is 291 g/mol. The fourth-order valence-electron chi connectivity index (χ4n) is 1.99. The summed E-state index contributed by atoms with van der Waals surface area (Å²) in [4.78, 5) is 12.0. The van der Waals surface area contributed by atoms with Gasteiger partial charge >= 0.3 is 5.97 Å². The minimum atomic E-state index is -0.607. The Morgan fingerprint density at radius 1 is 1.14 bits per heavy atom. The van der Waals surface area contributed by atoms with Crippen molar-refractivity contribution in [1.82, 2.24) is 0 Å². The summed E-state index contributed by atoms with van der Waals surface area (Å²) in [5, 5.41) is 9.13. The minimum Gasteiger partial charge on any atom is -0.457 e. The van der Waals surface area contributed by atoms with Crippen LogP contribution in [0.5, 0.6) is 0 Å². The third kappa shape index (κ3) is 4.32. The molecule has 0 fully saturated rings. The molecule has 0 aliphatic carbocycles. The zero-order valence-corrected chi connectivity index (χ0v) is 12.7. The summed E-state index contributed by atoms with van der Waals surface area (Å²) < 4.78 is 5.20. The SMILES string of the molecule is Cc1ccc(/C=C(\C#N)C(=O)OCc2cccc(C)c2)cc1. The summed E-state index contributed by atoms with van der Waals surface area (Å²) in [5.74, 6) is -0.607. The Bertz CT molecular complexity index is 737. The predicted octanol–water partition coefficient (Wildman–Crippen LogP) is 3.95. The van der Waals surface area contributed by atoms with Gasteiger partial charge in [0.25, 0.3) is 0 Å². The molecule has 3 heteroatoms. The maximum Gasteiger partial charge on any atom is 0.349 e. The van der Waals surface area contributed by atoms with E-state index in [9.17, 15) is 4.79 Å². The van der Waals surface area contributed by atoms with Gasteiger partial charge in [0.05, 0.1) is 0 Å². The Labute approximate surface area is 130 Å². The molecule has 0 aromatic heterocycles. The van der Waals surface area contributed by atoms with Gasteiger partial charge < -0.3 is 4.74 Å². The molecule has 0 amide bonds. The standard InChI is InChI=1S/C19H17NO2/c1-14-6-8-16(9-7-14)11-18(12-20)19(21)22-13-17-5-3-4-15(2)10-17/h3-11H,13H2,1-2H3/b18-11+. The zero-order chi connectivity index (χ0) is 15.9. The van der Waals surface area contributed by atoms with Crippen molar-refractivity contribution in [1.29, 1.82) is 5.26 Å². The van der Waals surface area contributed by atoms with Crippen molar-refractivity contribution in [3.8, 4) is 6.07 Å². The van der Waals surface area contributed by atoms with E-state index in [1.54, 1.807) is 0 Å². The second-order valence-electron chi connectivity index (χ2n) is 5.15. The second-order valence-corrected chi connectivity index (χ2v) is 5.15. The van der Waals surface area contributed by atoms with Gasteiger partial charge in [-0.05, 0) is 31.1 Å². The molecule has 0 heterocycles. The molecule has 0 bridgehead atoms. The lowest BCUT2D eigenvalue weighted by Gasteiger charge is -2.05. The van der Waals surface area contributed by atoms with E-state index < -0.39 is 5.97 Å². The first kappa shape index (κ1) is 15.5.